The highest BCUT2D eigenvalue weighted by Crippen LogP contribution is 2.40. The molecule has 0 aromatic heterocycles. The summed E-state index contributed by atoms with van der Waals surface area (Å²) in [5.74, 6) is 2.09. The number of rotatable bonds is 4. The Morgan fingerprint density at radius 3 is 2.55 bits per heavy atom. The molecule has 20 heavy (non-hydrogen) atoms. The maximum atomic E-state index is 12.4. The van der Waals surface area contributed by atoms with E-state index in [-0.39, 0.29) is 10.7 Å². The average molecular weight is 296 g/mol. The van der Waals surface area contributed by atoms with Gasteiger partial charge in [-0.1, -0.05) is 0 Å². The molecule has 1 fully saturated rings. The van der Waals surface area contributed by atoms with Crippen LogP contribution in [0.2, 0.25) is 0 Å². The molecule has 1 saturated heterocycles. The summed E-state index contributed by atoms with van der Waals surface area (Å²) in [5.41, 5.74) is 6.97. The van der Waals surface area contributed by atoms with Crippen molar-refractivity contribution < 1.29 is 14.3 Å². The van der Waals surface area contributed by atoms with E-state index in [1.54, 1.807) is 38.1 Å². The van der Waals surface area contributed by atoms with Crippen molar-refractivity contribution in [2.24, 2.45) is 0 Å². The van der Waals surface area contributed by atoms with Crippen LogP contribution in [0.5, 0.6) is 11.5 Å². The Bertz CT molecular complexity index is 513. The molecule has 0 saturated carbocycles. The van der Waals surface area contributed by atoms with Crippen molar-refractivity contribution >= 4 is 29.0 Å². The number of nitrogen functional groups attached to an aromatic ring is 1. The topological polar surface area (TPSA) is 73.6 Å². The van der Waals surface area contributed by atoms with Crippen LogP contribution in [-0.2, 0) is 4.79 Å². The second kappa shape index (κ2) is 5.83. The minimum absolute atomic E-state index is 0.0149. The number of nitrogens with two attached hydrogens (primary N) is 1. The lowest BCUT2D eigenvalue weighted by atomic mass is 10.0. The highest BCUT2D eigenvalue weighted by atomic mass is 32.2. The first-order valence-electron chi connectivity index (χ1n) is 6.47. The van der Waals surface area contributed by atoms with Gasteiger partial charge in [-0.25, -0.2) is 0 Å². The first-order valence-corrected chi connectivity index (χ1v) is 7.45. The summed E-state index contributed by atoms with van der Waals surface area (Å²) in [6, 6.07) is 3.34. The molecular formula is C14H20N2O3S. The molecule has 1 aromatic carbocycles. The predicted octanol–water partition coefficient (Wildman–Crippen LogP) is 2.51. The van der Waals surface area contributed by atoms with Crippen LogP contribution in [0.15, 0.2) is 12.1 Å². The number of carbonyl (C=O) groups excluding carboxylic acids is 1. The van der Waals surface area contributed by atoms with Crippen LogP contribution >= 0.6 is 11.8 Å². The fourth-order valence-electron chi connectivity index (χ4n) is 2.22. The van der Waals surface area contributed by atoms with E-state index < -0.39 is 0 Å². The largest absolute Gasteiger partial charge is 0.493 e. The molecule has 3 N–H and O–H groups in total. The Balaban J connectivity index is 2.23. The molecule has 1 aliphatic rings. The third kappa shape index (κ3) is 2.80. The Kier molecular flexibility index (Phi) is 4.32. The van der Waals surface area contributed by atoms with Crippen LogP contribution in [0.4, 0.5) is 11.4 Å². The zero-order valence-corrected chi connectivity index (χ0v) is 12.8. The number of amides is 1. The minimum atomic E-state index is -0.375. The van der Waals surface area contributed by atoms with Gasteiger partial charge in [0.15, 0.2) is 11.5 Å². The van der Waals surface area contributed by atoms with Crippen molar-refractivity contribution in [2.45, 2.75) is 24.5 Å². The van der Waals surface area contributed by atoms with Gasteiger partial charge < -0.3 is 20.5 Å². The van der Waals surface area contributed by atoms with Gasteiger partial charge in [-0.05, 0) is 25.5 Å². The Labute approximate surface area is 123 Å². The van der Waals surface area contributed by atoms with Crippen molar-refractivity contribution in [3.05, 3.63) is 12.1 Å². The molecule has 1 unspecified atom stereocenters. The average Bonchev–Trinajstić information content (AvgIpc) is 2.88. The molecule has 1 aromatic rings. The van der Waals surface area contributed by atoms with E-state index in [1.165, 1.54) is 0 Å². The van der Waals surface area contributed by atoms with E-state index in [0.29, 0.717) is 22.9 Å². The molecule has 110 valence electrons. The minimum Gasteiger partial charge on any atom is -0.493 e. The predicted molar refractivity (Wildman–Crippen MR) is 82.7 cm³/mol. The van der Waals surface area contributed by atoms with E-state index in [2.05, 4.69) is 5.32 Å². The van der Waals surface area contributed by atoms with E-state index in [4.69, 9.17) is 15.2 Å². The van der Waals surface area contributed by atoms with Crippen LogP contribution in [0.1, 0.15) is 19.8 Å². The number of hydrogen-bond acceptors (Lipinski definition) is 5. The maximum Gasteiger partial charge on any atom is 0.240 e. The summed E-state index contributed by atoms with van der Waals surface area (Å²) in [7, 11) is 3.10. The monoisotopic (exact) mass is 296 g/mol. The van der Waals surface area contributed by atoms with Gasteiger partial charge in [-0.3, -0.25) is 4.79 Å². The summed E-state index contributed by atoms with van der Waals surface area (Å²) in [5, 5.41) is 2.90. The zero-order chi connectivity index (χ0) is 14.8. The van der Waals surface area contributed by atoms with E-state index in [0.717, 1.165) is 18.6 Å². The van der Waals surface area contributed by atoms with E-state index in [1.807, 2.05) is 6.92 Å². The third-order valence-corrected chi connectivity index (χ3v) is 5.02. The molecule has 1 atom stereocenters. The molecule has 1 aliphatic heterocycles. The molecule has 0 aliphatic carbocycles. The summed E-state index contributed by atoms with van der Waals surface area (Å²) in [4.78, 5) is 12.4. The van der Waals surface area contributed by atoms with E-state index in [9.17, 15) is 4.79 Å². The second-order valence-electron chi connectivity index (χ2n) is 4.93. The summed E-state index contributed by atoms with van der Waals surface area (Å²) in [6.45, 7) is 1.97. The SMILES string of the molecule is COc1cc(N)c(NC(=O)C2(C)CCCS2)cc1OC. The van der Waals surface area contributed by atoms with Crippen molar-refractivity contribution in [2.75, 3.05) is 31.0 Å². The molecule has 5 nitrogen and oxygen atoms in total. The number of anilines is 2. The van der Waals surface area contributed by atoms with Crippen LogP contribution in [0, 0.1) is 0 Å². The fourth-order valence-corrected chi connectivity index (χ4v) is 3.43. The standard InChI is InChI=1S/C14H20N2O3S/c1-14(5-4-6-20-14)13(17)16-10-8-12(19-3)11(18-2)7-9(10)15/h7-8H,4-6,15H2,1-3H3,(H,16,17). The van der Waals surface area contributed by atoms with Gasteiger partial charge in [-0.15, -0.1) is 11.8 Å². The number of ether oxygens (including phenoxy) is 2. The molecule has 0 bridgehead atoms. The van der Waals surface area contributed by atoms with Gasteiger partial charge in [0.25, 0.3) is 0 Å². The number of methoxy groups -OCH3 is 2. The number of carbonyl (C=O) groups is 1. The quantitative estimate of drug-likeness (QED) is 0.835. The van der Waals surface area contributed by atoms with Gasteiger partial charge in [0.2, 0.25) is 5.91 Å². The molecule has 6 heteroatoms. The van der Waals surface area contributed by atoms with Gasteiger partial charge in [0, 0.05) is 12.1 Å². The lowest BCUT2D eigenvalue weighted by molar-refractivity contribution is -0.118. The van der Waals surface area contributed by atoms with Crippen molar-refractivity contribution in [3.8, 4) is 11.5 Å². The second-order valence-corrected chi connectivity index (χ2v) is 6.53. The summed E-state index contributed by atoms with van der Waals surface area (Å²) >= 11 is 1.69. The van der Waals surface area contributed by atoms with Gasteiger partial charge in [0.1, 0.15) is 0 Å². The molecular weight excluding hydrogens is 276 g/mol. The number of benzene rings is 1. The first kappa shape index (κ1) is 14.8. The summed E-state index contributed by atoms with van der Waals surface area (Å²) in [6.07, 6.45) is 1.95. The van der Waals surface area contributed by atoms with Crippen molar-refractivity contribution in [1.82, 2.24) is 0 Å². The maximum absolute atomic E-state index is 12.4. The third-order valence-electron chi connectivity index (χ3n) is 3.50. The smallest absolute Gasteiger partial charge is 0.240 e. The highest BCUT2D eigenvalue weighted by molar-refractivity contribution is 8.01. The molecule has 1 amide bonds. The fraction of sp³-hybridized carbons (Fsp3) is 0.500. The normalized spacial score (nSPS) is 21.6. The van der Waals surface area contributed by atoms with Gasteiger partial charge >= 0.3 is 0 Å². The highest BCUT2D eigenvalue weighted by Gasteiger charge is 2.37. The molecule has 0 spiro atoms. The molecule has 1 heterocycles. The van der Waals surface area contributed by atoms with E-state index >= 15 is 0 Å². The number of hydrogen-bond donors (Lipinski definition) is 2. The summed E-state index contributed by atoms with van der Waals surface area (Å²) < 4.78 is 10.0. The van der Waals surface area contributed by atoms with Crippen molar-refractivity contribution in [3.63, 3.8) is 0 Å². The number of nitrogens with one attached hydrogen (secondary N) is 1. The van der Waals surface area contributed by atoms with Gasteiger partial charge in [0.05, 0.1) is 30.3 Å². The number of thioether (sulfide) groups is 1. The zero-order valence-electron chi connectivity index (χ0n) is 12.0. The lowest BCUT2D eigenvalue weighted by Crippen LogP contribution is -2.34. The Morgan fingerprint density at radius 1 is 1.35 bits per heavy atom. The van der Waals surface area contributed by atoms with Crippen LogP contribution < -0.4 is 20.5 Å². The lowest BCUT2D eigenvalue weighted by Gasteiger charge is -2.22. The van der Waals surface area contributed by atoms with Crippen LogP contribution in [0.3, 0.4) is 0 Å². The first-order chi connectivity index (χ1) is 9.50. The Hall–Kier alpha value is -1.56. The van der Waals surface area contributed by atoms with Crippen LogP contribution in [-0.4, -0.2) is 30.6 Å². The van der Waals surface area contributed by atoms with Gasteiger partial charge in [-0.2, -0.15) is 0 Å². The molecule has 2 rings (SSSR count). The van der Waals surface area contributed by atoms with Crippen molar-refractivity contribution in [1.29, 1.82) is 0 Å². The Morgan fingerprint density at radius 2 is 2.00 bits per heavy atom. The van der Waals surface area contributed by atoms with Crippen LogP contribution in [0.25, 0.3) is 0 Å². The molecule has 0 radical (unpaired) electrons.